The molecule has 4 rings (SSSR count). The van der Waals surface area contributed by atoms with Crippen LogP contribution in [0.15, 0.2) is 36.5 Å². The van der Waals surface area contributed by atoms with Gasteiger partial charge in [-0.05, 0) is 30.7 Å². The first-order valence-corrected chi connectivity index (χ1v) is 13.7. The minimum Gasteiger partial charge on any atom is -0.481 e. The van der Waals surface area contributed by atoms with Gasteiger partial charge in [0.05, 0.1) is 19.2 Å². The van der Waals surface area contributed by atoms with Gasteiger partial charge < -0.3 is 31.4 Å². The molecule has 6 N–H and O–H groups in total. The second-order valence-electron chi connectivity index (χ2n) is 7.94. The summed E-state index contributed by atoms with van der Waals surface area (Å²) < 4.78 is 7.83. The quantitative estimate of drug-likeness (QED) is 0.161. The third kappa shape index (κ3) is 8.81. The lowest BCUT2D eigenvalue weighted by Crippen LogP contribution is -2.13. The van der Waals surface area contributed by atoms with Crippen LogP contribution in [0.3, 0.4) is 0 Å². The Morgan fingerprint density at radius 1 is 1.10 bits per heavy atom. The van der Waals surface area contributed by atoms with Crippen LogP contribution in [0, 0.1) is 0 Å². The Morgan fingerprint density at radius 3 is 2.44 bits per heavy atom. The van der Waals surface area contributed by atoms with Crippen LogP contribution in [-0.4, -0.2) is 46.1 Å². The third-order valence-corrected chi connectivity index (χ3v) is 5.53. The number of hydrogen-bond donors (Lipinski definition) is 4. The summed E-state index contributed by atoms with van der Waals surface area (Å²) in [5.74, 6) is 1.65. The highest BCUT2D eigenvalue weighted by Gasteiger charge is 2.19. The number of amides is 1. The second-order valence-corrected chi connectivity index (χ2v) is 7.94. The predicted octanol–water partition coefficient (Wildman–Crippen LogP) is 5.09. The van der Waals surface area contributed by atoms with Crippen molar-refractivity contribution in [1.29, 1.82) is 0 Å². The summed E-state index contributed by atoms with van der Waals surface area (Å²) in [5, 5.41) is 7.88. The molecule has 214 valence electrons. The summed E-state index contributed by atoms with van der Waals surface area (Å²) in [4.78, 5) is 22.3. The van der Waals surface area contributed by atoms with Crippen molar-refractivity contribution in [3.63, 3.8) is 0 Å². The van der Waals surface area contributed by atoms with Gasteiger partial charge >= 0.3 is 0 Å². The molecule has 0 bridgehead atoms. The first kappa shape index (κ1) is 33.1. The lowest BCUT2D eigenvalue weighted by Gasteiger charge is -2.14. The van der Waals surface area contributed by atoms with Gasteiger partial charge in [-0.1, -0.05) is 66.2 Å². The average Bonchev–Trinajstić information content (AvgIpc) is 3.28. The van der Waals surface area contributed by atoms with E-state index >= 15 is 0 Å². The molecule has 0 radical (unpaired) electrons. The first-order valence-electron chi connectivity index (χ1n) is 13.7. The van der Waals surface area contributed by atoms with Gasteiger partial charge in [0.1, 0.15) is 11.0 Å². The van der Waals surface area contributed by atoms with E-state index in [2.05, 4.69) is 67.9 Å². The molecule has 0 aliphatic carbocycles. The number of nitrogens with two attached hydrogens (primary N) is 2. The maximum absolute atomic E-state index is 8.58. The molecule has 1 amide bonds. The fourth-order valence-corrected chi connectivity index (χ4v) is 4.00. The monoisotopic (exact) mass is 538 g/mol. The number of aromatic nitrogens is 4. The van der Waals surface area contributed by atoms with Crippen molar-refractivity contribution in [2.45, 2.75) is 67.5 Å². The summed E-state index contributed by atoms with van der Waals surface area (Å²) in [6.45, 7) is 15.3. The molecule has 0 spiro atoms. The van der Waals surface area contributed by atoms with Crippen molar-refractivity contribution in [2.24, 2.45) is 5.73 Å². The molecule has 0 fully saturated rings. The van der Waals surface area contributed by atoms with Crippen molar-refractivity contribution < 1.29 is 9.53 Å². The van der Waals surface area contributed by atoms with E-state index in [9.17, 15) is 0 Å². The number of fused-ring (bicyclic) bond motifs is 3. The molecule has 0 aliphatic rings. The van der Waals surface area contributed by atoms with E-state index in [1.165, 1.54) is 0 Å². The Balaban J connectivity index is 0.000000996. The lowest BCUT2D eigenvalue weighted by molar-refractivity contribution is -0.106. The van der Waals surface area contributed by atoms with Crippen LogP contribution in [0.5, 0.6) is 5.88 Å². The summed E-state index contributed by atoms with van der Waals surface area (Å²) in [6.07, 6.45) is 4.26. The molecular weight excluding hydrogens is 492 g/mol. The highest BCUT2D eigenvalue weighted by Crippen LogP contribution is 2.33. The Kier molecular flexibility index (Phi) is 15.6. The zero-order valence-electron chi connectivity index (χ0n) is 24.5. The van der Waals surface area contributed by atoms with Crippen LogP contribution in [0.4, 0.5) is 11.8 Å². The number of para-hydroxylation sites is 1. The van der Waals surface area contributed by atoms with E-state index in [1.54, 1.807) is 7.11 Å². The number of benzene rings is 1. The molecular formula is C29H46N8O2. The number of anilines is 2. The SMILES string of the molecule is CC.CC.CCCCNc1nc(N)nc2c3ccccc3n(Cc3cc(CNCC)cnc3OC)c12.NC=O. The Morgan fingerprint density at radius 2 is 1.79 bits per heavy atom. The van der Waals surface area contributed by atoms with Crippen LogP contribution in [0.25, 0.3) is 21.9 Å². The second kappa shape index (κ2) is 18.4. The predicted molar refractivity (Wildman–Crippen MR) is 163 cm³/mol. The van der Waals surface area contributed by atoms with Gasteiger partial charge in [-0.15, -0.1) is 0 Å². The fraction of sp³-hybridized carbons (Fsp3) is 0.448. The first-order chi connectivity index (χ1) is 19.1. The van der Waals surface area contributed by atoms with E-state index in [4.69, 9.17) is 15.3 Å². The minimum absolute atomic E-state index is 0.250. The summed E-state index contributed by atoms with van der Waals surface area (Å²) in [5.41, 5.74) is 15.2. The zero-order valence-corrected chi connectivity index (χ0v) is 24.5. The molecule has 39 heavy (non-hydrogen) atoms. The summed E-state index contributed by atoms with van der Waals surface area (Å²) in [6, 6.07) is 10.4. The Bertz CT molecular complexity index is 1270. The minimum atomic E-state index is 0.250. The van der Waals surface area contributed by atoms with Gasteiger partial charge in [-0.25, -0.2) is 9.97 Å². The van der Waals surface area contributed by atoms with Crippen molar-refractivity contribution >= 4 is 40.1 Å². The van der Waals surface area contributed by atoms with Gasteiger partial charge in [0.15, 0.2) is 5.82 Å². The van der Waals surface area contributed by atoms with Crippen LogP contribution in [0.2, 0.25) is 0 Å². The normalized spacial score (nSPS) is 9.92. The zero-order chi connectivity index (χ0) is 29.2. The van der Waals surface area contributed by atoms with Crippen molar-refractivity contribution in [1.82, 2.24) is 24.8 Å². The van der Waals surface area contributed by atoms with Gasteiger partial charge in [-0.2, -0.15) is 4.98 Å². The van der Waals surface area contributed by atoms with Crippen LogP contribution in [-0.2, 0) is 17.9 Å². The number of nitrogen functional groups attached to an aromatic ring is 1. The Labute approximate surface area is 232 Å². The molecule has 3 heterocycles. The van der Waals surface area contributed by atoms with Crippen LogP contribution < -0.4 is 26.8 Å². The highest BCUT2D eigenvalue weighted by atomic mass is 16.5. The molecule has 4 aromatic rings. The van der Waals surface area contributed by atoms with Gasteiger partial charge in [-0.3, -0.25) is 4.79 Å². The topological polar surface area (TPSA) is 146 Å². The number of unbranched alkanes of at least 4 members (excludes halogenated alkanes) is 1. The van der Waals surface area contributed by atoms with E-state index in [0.717, 1.165) is 71.4 Å². The number of carbonyl (C=O) groups is 1. The standard InChI is InChI=1S/C24H31N7O.2C2H6.CH3NO/c1-4-6-11-27-22-21-20(29-24(25)30-22)18-9-7-8-10-19(18)31(21)15-17-12-16(13-26-5-2)14-28-23(17)32-3;2*1-2;2-1-3/h7-10,12,14,26H,4-6,11,13,15H2,1-3H3,(H3,25,27,29,30);2*1-2H3;1H,(H2,2,3). The molecule has 10 nitrogen and oxygen atoms in total. The van der Waals surface area contributed by atoms with E-state index in [-0.39, 0.29) is 12.4 Å². The molecule has 0 atom stereocenters. The number of pyridine rings is 1. The number of nitrogens with one attached hydrogen (secondary N) is 2. The molecule has 10 heteroatoms. The summed E-state index contributed by atoms with van der Waals surface area (Å²) >= 11 is 0. The summed E-state index contributed by atoms with van der Waals surface area (Å²) in [7, 11) is 1.66. The molecule has 0 aliphatic heterocycles. The maximum Gasteiger partial charge on any atom is 0.222 e. The molecule has 0 saturated carbocycles. The van der Waals surface area contributed by atoms with Gasteiger partial charge in [0, 0.05) is 30.2 Å². The number of ether oxygens (including phenoxy) is 1. The lowest BCUT2D eigenvalue weighted by atomic mass is 10.2. The number of carbonyl (C=O) groups excluding carboxylic acids is 1. The number of hydrogen-bond acceptors (Lipinski definition) is 8. The number of methoxy groups -OCH3 is 1. The largest absolute Gasteiger partial charge is 0.481 e. The maximum atomic E-state index is 8.58. The van der Waals surface area contributed by atoms with Crippen molar-refractivity contribution in [3.8, 4) is 5.88 Å². The molecule has 0 unspecified atom stereocenters. The van der Waals surface area contributed by atoms with Crippen molar-refractivity contribution in [3.05, 3.63) is 47.7 Å². The highest BCUT2D eigenvalue weighted by molar-refractivity contribution is 6.09. The Hall–Kier alpha value is -3.92. The van der Waals surface area contributed by atoms with Gasteiger partial charge in [0.25, 0.3) is 0 Å². The number of primary amides is 1. The fourth-order valence-electron chi connectivity index (χ4n) is 4.00. The molecule has 3 aromatic heterocycles. The molecule has 0 saturated heterocycles. The average molecular weight is 539 g/mol. The van der Waals surface area contributed by atoms with E-state index in [0.29, 0.717) is 12.4 Å². The molecule has 1 aromatic carbocycles. The van der Waals surface area contributed by atoms with Crippen LogP contribution >= 0.6 is 0 Å². The van der Waals surface area contributed by atoms with Crippen molar-refractivity contribution in [2.75, 3.05) is 31.2 Å². The number of rotatable bonds is 10. The van der Waals surface area contributed by atoms with E-state index in [1.807, 2.05) is 46.0 Å². The smallest absolute Gasteiger partial charge is 0.222 e. The van der Waals surface area contributed by atoms with E-state index < -0.39 is 0 Å². The van der Waals surface area contributed by atoms with Gasteiger partial charge in [0.2, 0.25) is 18.2 Å². The van der Waals surface area contributed by atoms with Crippen LogP contribution in [0.1, 0.15) is 65.5 Å². The third-order valence-electron chi connectivity index (χ3n) is 5.53. The number of nitrogens with zero attached hydrogens (tertiary/aromatic N) is 4.